The van der Waals surface area contributed by atoms with E-state index in [4.69, 9.17) is 5.26 Å². The number of aromatic nitrogens is 1. The van der Waals surface area contributed by atoms with E-state index in [-0.39, 0.29) is 11.8 Å². The van der Waals surface area contributed by atoms with Crippen LogP contribution in [0.25, 0.3) is 0 Å². The highest BCUT2D eigenvalue weighted by atomic mass is 16.1. The predicted molar refractivity (Wildman–Crippen MR) is 60.0 cm³/mol. The van der Waals surface area contributed by atoms with E-state index in [9.17, 15) is 4.79 Å². The topological polar surface area (TPSA) is 65.8 Å². The quantitative estimate of drug-likeness (QED) is 0.831. The number of nitrogens with zero attached hydrogens (tertiary/aromatic N) is 2. The van der Waals surface area contributed by atoms with Crippen LogP contribution in [-0.4, -0.2) is 10.9 Å². The van der Waals surface area contributed by atoms with Crippen molar-refractivity contribution in [1.29, 1.82) is 5.26 Å². The number of nitrogens with one attached hydrogen (secondary N) is 1. The Hall–Kier alpha value is -1.89. The third-order valence-corrected chi connectivity index (χ3v) is 2.26. The minimum atomic E-state index is -0.594. The number of carbonyl (C=O) groups excluding carboxylic acids is 1. The summed E-state index contributed by atoms with van der Waals surface area (Å²) in [7, 11) is 0. The first kappa shape index (κ1) is 12.2. The molecule has 1 aromatic rings. The lowest BCUT2D eigenvalue weighted by Gasteiger charge is -2.12. The van der Waals surface area contributed by atoms with E-state index < -0.39 is 5.92 Å². The summed E-state index contributed by atoms with van der Waals surface area (Å²) in [4.78, 5) is 15.7. The van der Waals surface area contributed by atoms with Gasteiger partial charge in [-0.3, -0.25) is 9.78 Å². The Balaban J connectivity index is 2.50. The largest absolute Gasteiger partial charge is 0.349 e. The number of hydrogen-bond acceptors (Lipinski definition) is 3. The number of carbonyl (C=O) groups is 1. The number of amides is 1. The Labute approximate surface area is 95.3 Å². The molecule has 1 unspecified atom stereocenters. The zero-order chi connectivity index (χ0) is 12.0. The van der Waals surface area contributed by atoms with E-state index in [1.807, 2.05) is 38.1 Å². The average Bonchev–Trinajstić information content (AvgIpc) is 2.28. The van der Waals surface area contributed by atoms with Gasteiger partial charge in [-0.05, 0) is 18.1 Å². The third kappa shape index (κ3) is 3.35. The first-order valence-corrected chi connectivity index (χ1v) is 5.22. The maximum atomic E-state index is 11.6. The van der Waals surface area contributed by atoms with Gasteiger partial charge in [0.25, 0.3) is 0 Å². The normalized spacial score (nSPS) is 11.9. The van der Waals surface area contributed by atoms with Crippen molar-refractivity contribution >= 4 is 5.91 Å². The van der Waals surface area contributed by atoms with Gasteiger partial charge in [0.2, 0.25) is 5.91 Å². The number of nitriles is 1. The molecule has 0 aliphatic heterocycles. The number of hydrogen-bond donors (Lipinski definition) is 1. The lowest BCUT2D eigenvalue weighted by molar-refractivity contribution is -0.124. The summed E-state index contributed by atoms with van der Waals surface area (Å²) < 4.78 is 0. The summed E-state index contributed by atoms with van der Waals surface area (Å²) in [6, 6.07) is 7.51. The van der Waals surface area contributed by atoms with Crippen LogP contribution in [0.4, 0.5) is 0 Å². The van der Waals surface area contributed by atoms with E-state index in [0.717, 1.165) is 5.69 Å². The molecule has 16 heavy (non-hydrogen) atoms. The second-order valence-electron chi connectivity index (χ2n) is 3.89. The van der Waals surface area contributed by atoms with E-state index in [0.29, 0.717) is 6.54 Å². The van der Waals surface area contributed by atoms with Crippen molar-refractivity contribution in [3.8, 4) is 6.07 Å². The van der Waals surface area contributed by atoms with Crippen LogP contribution in [0.1, 0.15) is 19.5 Å². The fourth-order valence-electron chi connectivity index (χ4n) is 1.30. The third-order valence-electron chi connectivity index (χ3n) is 2.26. The van der Waals surface area contributed by atoms with Crippen molar-refractivity contribution < 1.29 is 4.79 Å². The lowest BCUT2D eigenvalue weighted by atomic mass is 9.97. The SMILES string of the molecule is CC(C)C(C#N)C(=O)NCc1ccccn1. The van der Waals surface area contributed by atoms with Crippen molar-refractivity contribution in [1.82, 2.24) is 10.3 Å². The Kier molecular flexibility index (Phi) is 4.46. The minimum absolute atomic E-state index is 0.0220. The van der Waals surface area contributed by atoms with Crippen LogP contribution in [0.15, 0.2) is 24.4 Å². The van der Waals surface area contributed by atoms with Crippen LogP contribution >= 0.6 is 0 Å². The average molecular weight is 217 g/mol. The molecule has 1 aromatic heterocycles. The maximum Gasteiger partial charge on any atom is 0.237 e. The molecule has 0 radical (unpaired) electrons. The molecule has 0 saturated heterocycles. The van der Waals surface area contributed by atoms with Gasteiger partial charge >= 0.3 is 0 Å². The number of rotatable bonds is 4. The summed E-state index contributed by atoms with van der Waals surface area (Å²) in [6.07, 6.45) is 1.67. The predicted octanol–water partition coefficient (Wildman–Crippen LogP) is 1.49. The summed E-state index contributed by atoms with van der Waals surface area (Å²) in [6.45, 7) is 4.08. The van der Waals surface area contributed by atoms with Crippen molar-refractivity contribution in [2.24, 2.45) is 11.8 Å². The first-order valence-electron chi connectivity index (χ1n) is 5.22. The molecule has 0 aliphatic carbocycles. The van der Waals surface area contributed by atoms with E-state index in [1.54, 1.807) is 6.20 Å². The van der Waals surface area contributed by atoms with Crippen LogP contribution in [-0.2, 0) is 11.3 Å². The Bertz CT molecular complexity index is 381. The second-order valence-corrected chi connectivity index (χ2v) is 3.89. The van der Waals surface area contributed by atoms with Gasteiger partial charge in [0.15, 0.2) is 0 Å². The highest BCUT2D eigenvalue weighted by Gasteiger charge is 2.20. The van der Waals surface area contributed by atoms with Crippen LogP contribution in [0.2, 0.25) is 0 Å². The van der Waals surface area contributed by atoms with Gasteiger partial charge in [-0.1, -0.05) is 19.9 Å². The highest BCUT2D eigenvalue weighted by Crippen LogP contribution is 2.09. The van der Waals surface area contributed by atoms with Crippen LogP contribution < -0.4 is 5.32 Å². The smallest absolute Gasteiger partial charge is 0.237 e. The Morgan fingerprint density at radius 1 is 1.56 bits per heavy atom. The summed E-state index contributed by atoms with van der Waals surface area (Å²) >= 11 is 0. The molecule has 0 saturated carbocycles. The Morgan fingerprint density at radius 3 is 2.81 bits per heavy atom. The van der Waals surface area contributed by atoms with Crippen LogP contribution in [0.5, 0.6) is 0 Å². The lowest BCUT2D eigenvalue weighted by Crippen LogP contribution is -2.32. The highest BCUT2D eigenvalue weighted by molar-refractivity contribution is 5.81. The number of pyridine rings is 1. The van der Waals surface area contributed by atoms with E-state index >= 15 is 0 Å². The van der Waals surface area contributed by atoms with Crippen molar-refractivity contribution in [2.45, 2.75) is 20.4 Å². The van der Waals surface area contributed by atoms with Crippen molar-refractivity contribution in [3.05, 3.63) is 30.1 Å². The molecule has 0 spiro atoms. The zero-order valence-corrected chi connectivity index (χ0v) is 9.47. The second kappa shape index (κ2) is 5.86. The molecule has 1 heterocycles. The summed E-state index contributed by atoms with van der Waals surface area (Å²) in [5, 5.41) is 11.5. The molecule has 1 amide bonds. The zero-order valence-electron chi connectivity index (χ0n) is 9.47. The van der Waals surface area contributed by atoms with Gasteiger partial charge in [-0.15, -0.1) is 0 Å². The molecular formula is C12H15N3O. The van der Waals surface area contributed by atoms with Crippen LogP contribution in [0.3, 0.4) is 0 Å². The molecule has 1 rings (SSSR count). The molecule has 84 valence electrons. The first-order chi connectivity index (χ1) is 7.65. The van der Waals surface area contributed by atoms with E-state index in [1.165, 1.54) is 0 Å². The van der Waals surface area contributed by atoms with Crippen molar-refractivity contribution in [2.75, 3.05) is 0 Å². The molecular weight excluding hydrogens is 202 g/mol. The maximum absolute atomic E-state index is 11.6. The van der Waals surface area contributed by atoms with Crippen molar-refractivity contribution in [3.63, 3.8) is 0 Å². The van der Waals surface area contributed by atoms with Gasteiger partial charge in [0.1, 0.15) is 5.92 Å². The molecule has 1 atom stereocenters. The van der Waals surface area contributed by atoms with Gasteiger partial charge in [0.05, 0.1) is 18.3 Å². The van der Waals surface area contributed by atoms with Gasteiger partial charge in [0, 0.05) is 6.20 Å². The van der Waals surface area contributed by atoms with Gasteiger partial charge in [-0.2, -0.15) is 5.26 Å². The van der Waals surface area contributed by atoms with Gasteiger partial charge < -0.3 is 5.32 Å². The monoisotopic (exact) mass is 217 g/mol. The van der Waals surface area contributed by atoms with E-state index in [2.05, 4.69) is 10.3 Å². The Morgan fingerprint density at radius 2 is 2.31 bits per heavy atom. The molecule has 0 aromatic carbocycles. The summed E-state index contributed by atoms with van der Waals surface area (Å²) in [5.41, 5.74) is 0.788. The summed E-state index contributed by atoms with van der Waals surface area (Å²) in [5.74, 6) is -0.805. The standard InChI is InChI=1S/C12H15N3O/c1-9(2)11(7-13)12(16)15-8-10-5-3-4-6-14-10/h3-6,9,11H,8H2,1-2H3,(H,15,16). The fourth-order valence-corrected chi connectivity index (χ4v) is 1.30. The molecule has 4 nitrogen and oxygen atoms in total. The molecule has 0 fully saturated rings. The van der Waals surface area contributed by atoms with Crippen LogP contribution in [0, 0.1) is 23.2 Å². The molecule has 0 bridgehead atoms. The molecule has 1 N–H and O–H groups in total. The minimum Gasteiger partial charge on any atom is -0.349 e. The molecule has 0 aliphatic rings. The fraction of sp³-hybridized carbons (Fsp3) is 0.417. The molecule has 4 heteroatoms. The van der Waals surface area contributed by atoms with Gasteiger partial charge in [-0.25, -0.2) is 0 Å².